The van der Waals surface area contributed by atoms with E-state index in [1.807, 2.05) is 22.9 Å². The number of carbonyl (C=O) groups excluding carboxylic acids is 1. The van der Waals surface area contributed by atoms with Crippen molar-refractivity contribution in [2.24, 2.45) is 5.92 Å². The summed E-state index contributed by atoms with van der Waals surface area (Å²) in [5.41, 5.74) is 3.45. The standard InChI is InChI=1S/C21H27N3O2/c25-21(17-9-5-2-6-10-17)22-13-19-20-18(11-12-26-19)15-24(23-20)14-16-7-3-1-4-8-16/h1,3-4,7-8,15,17,19H,2,5-6,9-14H2,(H,22,25)/t19-/m0/s1. The highest BCUT2D eigenvalue weighted by Crippen LogP contribution is 2.27. The Morgan fingerprint density at radius 2 is 2.00 bits per heavy atom. The van der Waals surface area contributed by atoms with Crippen LogP contribution in [0.15, 0.2) is 36.5 Å². The van der Waals surface area contributed by atoms with Gasteiger partial charge in [-0.15, -0.1) is 0 Å². The summed E-state index contributed by atoms with van der Waals surface area (Å²) in [5.74, 6) is 0.367. The van der Waals surface area contributed by atoms with E-state index in [-0.39, 0.29) is 17.9 Å². The van der Waals surface area contributed by atoms with Gasteiger partial charge in [0.25, 0.3) is 0 Å². The van der Waals surface area contributed by atoms with Gasteiger partial charge in [-0.2, -0.15) is 5.10 Å². The van der Waals surface area contributed by atoms with Crippen molar-refractivity contribution in [3.63, 3.8) is 0 Å². The van der Waals surface area contributed by atoms with E-state index in [1.165, 1.54) is 30.4 Å². The Morgan fingerprint density at radius 3 is 2.81 bits per heavy atom. The minimum atomic E-state index is -0.136. The molecular weight excluding hydrogens is 326 g/mol. The van der Waals surface area contributed by atoms with Gasteiger partial charge < -0.3 is 10.1 Å². The summed E-state index contributed by atoms with van der Waals surface area (Å²) in [7, 11) is 0. The largest absolute Gasteiger partial charge is 0.370 e. The maximum Gasteiger partial charge on any atom is 0.223 e. The van der Waals surface area contributed by atoms with Crippen molar-refractivity contribution in [2.45, 2.75) is 51.2 Å². The van der Waals surface area contributed by atoms with Crippen LogP contribution < -0.4 is 5.32 Å². The van der Waals surface area contributed by atoms with Gasteiger partial charge in [0.1, 0.15) is 6.10 Å². The molecular formula is C21H27N3O2. The molecule has 2 aromatic rings. The Bertz CT molecular complexity index is 735. The fourth-order valence-corrected chi connectivity index (χ4v) is 4.04. The molecule has 0 unspecified atom stereocenters. The van der Waals surface area contributed by atoms with Crippen molar-refractivity contribution in [3.8, 4) is 0 Å². The summed E-state index contributed by atoms with van der Waals surface area (Å²) in [6.07, 6.45) is 8.53. The van der Waals surface area contributed by atoms with Gasteiger partial charge in [0.05, 0.1) is 18.8 Å². The van der Waals surface area contributed by atoms with Crippen LogP contribution in [0.1, 0.15) is 55.0 Å². The SMILES string of the molecule is O=C(NC[C@@H]1OCCc2cn(Cc3ccccc3)nc21)C1CCCCC1. The Labute approximate surface area is 154 Å². The number of ether oxygens (including phenoxy) is 1. The lowest BCUT2D eigenvalue weighted by molar-refractivity contribution is -0.126. The number of hydrogen-bond donors (Lipinski definition) is 1. The van der Waals surface area contributed by atoms with Gasteiger partial charge in [0, 0.05) is 18.7 Å². The van der Waals surface area contributed by atoms with Crippen LogP contribution in [0.4, 0.5) is 0 Å². The minimum absolute atomic E-state index is 0.136. The highest BCUT2D eigenvalue weighted by Gasteiger charge is 2.27. The third kappa shape index (κ3) is 3.98. The smallest absolute Gasteiger partial charge is 0.223 e. The molecule has 26 heavy (non-hydrogen) atoms. The molecule has 1 fully saturated rings. The fraction of sp³-hybridized carbons (Fsp3) is 0.524. The van der Waals surface area contributed by atoms with Crippen LogP contribution in [0, 0.1) is 5.92 Å². The number of rotatable bonds is 5. The monoisotopic (exact) mass is 353 g/mol. The Morgan fingerprint density at radius 1 is 1.19 bits per heavy atom. The minimum Gasteiger partial charge on any atom is -0.370 e. The lowest BCUT2D eigenvalue weighted by Crippen LogP contribution is -2.36. The lowest BCUT2D eigenvalue weighted by Gasteiger charge is -2.25. The molecule has 1 N–H and O–H groups in total. The highest BCUT2D eigenvalue weighted by molar-refractivity contribution is 5.78. The second-order valence-corrected chi connectivity index (χ2v) is 7.41. The molecule has 5 heteroatoms. The van der Waals surface area contributed by atoms with Crippen LogP contribution in [0.5, 0.6) is 0 Å². The number of nitrogens with one attached hydrogen (secondary N) is 1. The zero-order valence-electron chi connectivity index (χ0n) is 15.2. The molecule has 1 aliphatic carbocycles. The van der Waals surface area contributed by atoms with Gasteiger partial charge in [-0.3, -0.25) is 9.48 Å². The molecule has 1 atom stereocenters. The summed E-state index contributed by atoms with van der Waals surface area (Å²) in [6.45, 7) is 1.97. The lowest BCUT2D eigenvalue weighted by atomic mass is 9.88. The summed E-state index contributed by atoms with van der Waals surface area (Å²) in [5, 5.41) is 7.87. The second-order valence-electron chi connectivity index (χ2n) is 7.41. The number of fused-ring (bicyclic) bond motifs is 1. The summed E-state index contributed by atoms with van der Waals surface area (Å²) >= 11 is 0. The maximum atomic E-state index is 12.4. The van der Waals surface area contributed by atoms with Crippen LogP contribution in [0.2, 0.25) is 0 Å². The summed E-state index contributed by atoms with van der Waals surface area (Å²) < 4.78 is 7.91. The number of benzene rings is 1. The van der Waals surface area contributed by atoms with Gasteiger partial charge in [-0.1, -0.05) is 49.6 Å². The molecule has 1 aromatic heterocycles. The molecule has 0 spiro atoms. The third-order valence-electron chi connectivity index (χ3n) is 5.49. The molecule has 2 heterocycles. The Hall–Kier alpha value is -2.14. The molecule has 1 aromatic carbocycles. The van der Waals surface area contributed by atoms with Gasteiger partial charge >= 0.3 is 0 Å². The van der Waals surface area contributed by atoms with E-state index < -0.39 is 0 Å². The highest BCUT2D eigenvalue weighted by atomic mass is 16.5. The molecule has 1 aliphatic heterocycles. The normalized spacial score (nSPS) is 20.5. The molecule has 0 bridgehead atoms. The Balaban J connectivity index is 1.39. The number of hydrogen-bond acceptors (Lipinski definition) is 3. The van der Waals surface area contributed by atoms with E-state index in [4.69, 9.17) is 9.84 Å². The number of aromatic nitrogens is 2. The third-order valence-corrected chi connectivity index (χ3v) is 5.49. The van der Waals surface area contributed by atoms with E-state index in [0.717, 1.165) is 31.5 Å². The second kappa shape index (κ2) is 8.04. The van der Waals surface area contributed by atoms with Crippen LogP contribution in [0.3, 0.4) is 0 Å². The summed E-state index contributed by atoms with van der Waals surface area (Å²) in [6, 6.07) is 10.3. The quantitative estimate of drug-likeness (QED) is 0.898. The first-order chi connectivity index (χ1) is 12.8. The predicted octanol–water partition coefficient (Wildman–Crippen LogP) is 3.24. The first-order valence-corrected chi connectivity index (χ1v) is 9.79. The van der Waals surface area contributed by atoms with Crippen LogP contribution >= 0.6 is 0 Å². The van der Waals surface area contributed by atoms with Crippen molar-refractivity contribution in [3.05, 3.63) is 53.3 Å². The molecule has 4 rings (SSSR count). The van der Waals surface area contributed by atoms with Crippen molar-refractivity contribution < 1.29 is 9.53 Å². The van der Waals surface area contributed by atoms with Crippen molar-refractivity contribution in [1.82, 2.24) is 15.1 Å². The average molecular weight is 353 g/mol. The fourth-order valence-electron chi connectivity index (χ4n) is 4.04. The van der Waals surface area contributed by atoms with Gasteiger partial charge in [-0.05, 0) is 30.4 Å². The molecule has 138 valence electrons. The van der Waals surface area contributed by atoms with E-state index in [9.17, 15) is 4.79 Å². The molecule has 5 nitrogen and oxygen atoms in total. The number of amides is 1. The van der Waals surface area contributed by atoms with E-state index >= 15 is 0 Å². The topological polar surface area (TPSA) is 56.1 Å². The first-order valence-electron chi connectivity index (χ1n) is 9.79. The summed E-state index contributed by atoms with van der Waals surface area (Å²) in [4.78, 5) is 12.4. The van der Waals surface area contributed by atoms with Crippen LogP contribution in [-0.4, -0.2) is 28.8 Å². The van der Waals surface area contributed by atoms with E-state index in [2.05, 4.69) is 23.6 Å². The molecule has 0 saturated heterocycles. The molecule has 2 aliphatic rings. The maximum absolute atomic E-state index is 12.4. The van der Waals surface area contributed by atoms with Crippen molar-refractivity contribution in [2.75, 3.05) is 13.2 Å². The number of nitrogens with zero attached hydrogens (tertiary/aromatic N) is 2. The zero-order valence-corrected chi connectivity index (χ0v) is 15.2. The van der Waals surface area contributed by atoms with Crippen LogP contribution in [-0.2, 0) is 22.5 Å². The Kier molecular flexibility index (Phi) is 5.34. The molecule has 1 amide bonds. The molecule has 1 saturated carbocycles. The van der Waals surface area contributed by atoms with Gasteiger partial charge in [-0.25, -0.2) is 0 Å². The average Bonchev–Trinajstić information content (AvgIpc) is 3.10. The van der Waals surface area contributed by atoms with Crippen molar-refractivity contribution >= 4 is 5.91 Å². The van der Waals surface area contributed by atoms with E-state index in [1.54, 1.807) is 0 Å². The van der Waals surface area contributed by atoms with Crippen molar-refractivity contribution in [1.29, 1.82) is 0 Å². The van der Waals surface area contributed by atoms with Gasteiger partial charge in [0.15, 0.2) is 0 Å². The van der Waals surface area contributed by atoms with E-state index in [0.29, 0.717) is 13.2 Å². The number of carbonyl (C=O) groups is 1. The van der Waals surface area contributed by atoms with Gasteiger partial charge in [0.2, 0.25) is 5.91 Å². The van der Waals surface area contributed by atoms with Crippen LogP contribution in [0.25, 0.3) is 0 Å². The predicted molar refractivity (Wildman–Crippen MR) is 99.8 cm³/mol. The first kappa shape index (κ1) is 17.3. The zero-order chi connectivity index (χ0) is 17.8. The molecule has 0 radical (unpaired) electrons.